The zero-order valence-electron chi connectivity index (χ0n) is 17.9. The van der Waals surface area contributed by atoms with Gasteiger partial charge in [0.1, 0.15) is 17.5 Å². The maximum atomic E-state index is 13.2. The summed E-state index contributed by atoms with van der Waals surface area (Å²) < 4.78 is 7.33. The van der Waals surface area contributed by atoms with Gasteiger partial charge in [0.2, 0.25) is 5.91 Å². The van der Waals surface area contributed by atoms with Crippen LogP contribution < -0.4 is 5.32 Å². The van der Waals surface area contributed by atoms with Gasteiger partial charge in [-0.25, -0.2) is 4.79 Å². The lowest BCUT2D eigenvalue weighted by atomic mass is 9.95. The molecule has 1 saturated heterocycles. The lowest BCUT2D eigenvalue weighted by molar-refractivity contribution is -0.135. The highest BCUT2D eigenvalue weighted by Gasteiger charge is 2.34. The first-order valence-electron chi connectivity index (χ1n) is 10.2. The first-order valence-corrected chi connectivity index (χ1v) is 10.2. The van der Waals surface area contributed by atoms with E-state index in [9.17, 15) is 9.59 Å². The van der Waals surface area contributed by atoms with Gasteiger partial charge in [-0.15, -0.1) is 10.2 Å². The summed E-state index contributed by atoms with van der Waals surface area (Å²) in [5.41, 5.74) is 0.192. The fraction of sp³-hybridized carbons (Fsp3) is 0.619. The SMILES string of the molecule is CC(C)C(NC(=O)OC(C)(C)C)C(=O)N1CCCC(c2nnc3ccccn23)C1. The van der Waals surface area contributed by atoms with Gasteiger partial charge in [0.15, 0.2) is 5.65 Å². The van der Waals surface area contributed by atoms with E-state index < -0.39 is 17.7 Å². The molecule has 0 radical (unpaired) electrons. The number of nitrogens with zero attached hydrogens (tertiary/aromatic N) is 4. The standard InChI is InChI=1S/C21H31N5O3/c1-14(2)17(22-20(28)29-21(3,4)5)19(27)25-11-8-9-15(13-25)18-24-23-16-10-6-7-12-26(16)18/h6-7,10,12,14-15,17H,8-9,11,13H2,1-5H3,(H,22,28). The second-order valence-corrected chi connectivity index (χ2v) is 8.98. The minimum atomic E-state index is -0.626. The highest BCUT2D eigenvalue weighted by Crippen LogP contribution is 2.27. The van der Waals surface area contributed by atoms with Gasteiger partial charge in [0, 0.05) is 25.2 Å². The minimum absolute atomic E-state index is 0.0516. The van der Waals surface area contributed by atoms with Gasteiger partial charge in [-0.2, -0.15) is 0 Å². The third-order valence-electron chi connectivity index (χ3n) is 5.04. The van der Waals surface area contributed by atoms with Crippen LogP contribution in [0.15, 0.2) is 24.4 Å². The van der Waals surface area contributed by atoms with Crippen molar-refractivity contribution in [3.05, 3.63) is 30.2 Å². The van der Waals surface area contributed by atoms with Crippen LogP contribution in [0, 0.1) is 5.92 Å². The topological polar surface area (TPSA) is 88.8 Å². The van der Waals surface area contributed by atoms with E-state index in [-0.39, 0.29) is 17.7 Å². The summed E-state index contributed by atoms with van der Waals surface area (Å²) in [6, 6.07) is 5.17. The number of carbonyl (C=O) groups is 2. The summed E-state index contributed by atoms with van der Waals surface area (Å²) in [7, 11) is 0. The van der Waals surface area contributed by atoms with Gasteiger partial charge in [-0.05, 0) is 51.7 Å². The summed E-state index contributed by atoms with van der Waals surface area (Å²) in [4.78, 5) is 27.3. The van der Waals surface area contributed by atoms with E-state index in [0.29, 0.717) is 13.1 Å². The van der Waals surface area contributed by atoms with Crippen molar-refractivity contribution in [2.75, 3.05) is 13.1 Å². The summed E-state index contributed by atoms with van der Waals surface area (Å²) in [5, 5.41) is 11.4. The number of alkyl carbamates (subject to hydrolysis) is 1. The van der Waals surface area contributed by atoms with Gasteiger partial charge in [-0.1, -0.05) is 19.9 Å². The minimum Gasteiger partial charge on any atom is -0.444 e. The zero-order chi connectivity index (χ0) is 21.2. The number of nitrogens with one attached hydrogen (secondary N) is 1. The Morgan fingerprint density at radius 1 is 1.24 bits per heavy atom. The number of carbonyl (C=O) groups excluding carboxylic acids is 2. The van der Waals surface area contributed by atoms with Crippen LogP contribution in [0.2, 0.25) is 0 Å². The van der Waals surface area contributed by atoms with Crippen molar-refractivity contribution in [1.29, 1.82) is 0 Å². The predicted molar refractivity (Wildman–Crippen MR) is 110 cm³/mol. The lowest BCUT2D eigenvalue weighted by Crippen LogP contribution is -2.54. The van der Waals surface area contributed by atoms with Gasteiger partial charge in [0.05, 0.1) is 0 Å². The largest absolute Gasteiger partial charge is 0.444 e. The molecule has 2 unspecified atom stereocenters. The molecular weight excluding hydrogens is 370 g/mol. The van der Waals surface area contributed by atoms with Crippen molar-refractivity contribution >= 4 is 17.6 Å². The Balaban J connectivity index is 1.72. The number of likely N-dealkylation sites (tertiary alicyclic amines) is 1. The summed E-state index contributed by atoms with van der Waals surface area (Å²) in [5.74, 6) is 0.854. The number of hydrogen-bond acceptors (Lipinski definition) is 5. The molecule has 1 aliphatic heterocycles. The van der Waals surface area contributed by atoms with Crippen LogP contribution in [-0.2, 0) is 9.53 Å². The average Bonchev–Trinajstić information content (AvgIpc) is 3.08. The van der Waals surface area contributed by atoms with E-state index >= 15 is 0 Å². The van der Waals surface area contributed by atoms with Crippen molar-refractivity contribution in [3.63, 3.8) is 0 Å². The number of aromatic nitrogens is 3. The smallest absolute Gasteiger partial charge is 0.408 e. The number of piperidine rings is 1. The Morgan fingerprint density at radius 2 is 2.00 bits per heavy atom. The zero-order valence-corrected chi connectivity index (χ0v) is 17.9. The molecule has 1 N–H and O–H groups in total. The Morgan fingerprint density at radius 3 is 2.69 bits per heavy atom. The Labute approximate surface area is 171 Å². The van der Waals surface area contributed by atoms with Crippen LogP contribution in [-0.4, -0.2) is 56.2 Å². The van der Waals surface area contributed by atoms with Crippen LogP contribution in [0.4, 0.5) is 4.79 Å². The molecular formula is C21H31N5O3. The van der Waals surface area contributed by atoms with Crippen molar-refractivity contribution in [1.82, 2.24) is 24.8 Å². The van der Waals surface area contributed by atoms with E-state index in [2.05, 4.69) is 15.5 Å². The first-order chi connectivity index (χ1) is 13.7. The molecule has 2 atom stereocenters. The normalized spacial score (nSPS) is 18.7. The molecule has 0 spiro atoms. The van der Waals surface area contributed by atoms with Gasteiger partial charge in [0.25, 0.3) is 0 Å². The fourth-order valence-corrected chi connectivity index (χ4v) is 3.67. The van der Waals surface area contributed by atoms with E-state index in [1.54, 1.807) is 20.8 Å². The lowest BCUT2D eigenvalue weighted by Gasteiger charge is -2.35. The Bertz CT molecular complexity index is 871. The average molecular weight is 402 g/mol. The van der Waals surface area contributed by atoms with E-state index in [4.69, 9.17) is 4.74 Å². The highest BCUT2D eigenvalue weighted by atomic mass is 16.6. The van der Waals surface area contributed by atoms with Crippen molar-refractivity contribution in [2.45, 2.75) is 65.0 Å². The van der Waals surface area contributed by atoms with Crippen LogP contribution in [0.1, 0.15) is 59.2 Å². The van der Waals surface area contributed by atoms with Crippen LogP contribution in [0.25, 0.3) is 5.65 Å². The van der Waals surface area contributed by atoms with E-state index in [1.807, 2.05) is 47.5 Å². The van der Waals surface area contributed by atoms with E-state index in [0.717, 1.165) is 24.3 Å². The predicted octanol–water partition coefficient (Wildman–Crippen LogP) is 2.98. The number of fused-ring (bicyclic) bond motifs is 1. The summed E-state index contributed by atoms with van der Waals surface area (Å²) in [6.45, 7) is 10.5. The van der Waals surface area contributed by atoms with Crippen molar-refractivity contribution < 1.29 is 14.3 Å². The third-order valence-corrected chi connectivity index (χ3v) is 5.04. The second-order valence-electron chi connectivity index (χ2n) is 8.98. The Hall–Kier alpha value is -2.64. The molecule has 0 saturated carbocycles. The molecule has 2 amide bonds. The molecule has 2 aromatic rings. The maximum Gasteiger partial charge on any atom is 0.408 e. The molecule has 3 heterocycles. The molecule has 2 aromatic heterocycles. The summed E-state index contributed by atoms with van der Waals surface area (Å²) in [6.07, 6.45) is 3.22. The summed E-state index contributed by atoms with van der Waals surface area (Å²) >= 11 is 0. The van der Waals surface area contributed by atoms with Gasteiger partial charge in [-0.3, -0.25) is 9.20 Å². The van der Waals surface area contributed by atoms with Gasteiger partial charge >= 0.3 is 6.09 Å². The molecule has 3 rings (SSSR count). The van der Waals surface area contributed by atoms with Gasteiger partial charge < -0.3 is 15.0 Å². The molecule has 0 aliphatic carbocycles. The molecule has 1 aliphatic rings. The van der Waals surface area contributed by atoms with Crippen molar-refractivity contribution in [2.24, 2.45) is 5.92 Å². The first kappa shape index (κ1) is 21.1. The third kappa shape index (κ3) is 5.05. The molecule has 0 aromatic carbocycles. The quantitative estimate of drug-likeness (QED) is 0.851. The number of ether oxygens (including phenoxy) is 1. The number of amides is 2. The highest BCUT2D eigenvalue weighted by molar-refractivity contribution is 5.86. The second kappa shape index (κ2) is 8.39. The number of rotatable bonds is 4. The molecule has 8 heteroatoms. The molecule has 0 bridgehead atoms. The molecule has 158 valence electrons. The monoisotopic (exact) mass is 401 g/mol. The van der Waals surface area contributed by atoms with Crippen LogP contribution in [0.3, 0.4) is 0 Å². The van der Waals surface area contributed by atoms with Crippen LogP contribution >= 0.6 is 0 Å². The van der Waals surface area contributed by atoms with Crippen molar-refractivity contribution in [3.8, 4) is 0 Å². The molecule has 8 nitrogen and oxygen atoms in total. The molecule has 1 fully saturated rings. The fourth-order valence-electron chi connectivity index (χ4n) is 3.67. The number of hydrogen-bond donors (Lipinski definition) is 1. The maximum absolute atomic E-state index is 13.2. The Kier molecular flexibility index (Phi) is 6.10. The van der Waals surface area contributed by atoms with E-state index in [1.165, 1.54) is 0 Å². The number of pyridine rings is 1. The molecule has 29 heavy (non-hydrogen) atoms. The van der Waals surface area contributed by atoms with Crippen LogP contribution in [0.5, 0.6) is 0 Å².